The molecule has 7 heteroatoms. The average Bonchev–Trinajstić information content (AvgIpc) is 2.98. The summed E-state index contributed by atoms with van der Waals surface area (Å²) in [6.07, 6.45) is 2.45. The SMILES string of the molecule is CN(CC(=O)O)C1CCCN(C(=O)c2ccc(-c3ccccc3Cl)o2)CC1. The Morgan fingerprint density at radius 2 is 2.00 bits per heavy atom. The lowest BCUT2D eigenvalue weighted by atomic mass is 10.1. The normalized spacial score (nSPS) is 17.7. The minimum absolute atomic E-state index is 0.0119. The summed E-state index contributed by atoms with van der Waals surface area (Å²) in [6.45, 7) is 1.23. The van der Waals surface area contributed by atoms with Crippen molar-refractivity contribution < 1.29 is 19.1 Å². The number of amides is 1. The van der Waals surface area contributed by atoms with Crippen molar-refractivity contribution in [3.63, 3.8) is 0 Å². The van der Waals surface area contributed by atoms with Crippen LogP contribution in [0, 0.1) is 0 Å². The molecule has 3 rings (SSSR count). The van der Waals surface area contributed by atoms with Gasteiger partial charge in [0.25, 0.3) is 5.91 Å². The summed E-state index contributed by atoms with van der Waals surface area (Å²) in [4.78, 5) is 27.4. The molecule has 0 bridgehead atoms. The minimum atomic E-state index is -0.836. The highest BCUT2D eigenvalue weighted by Gasteiger charge is 2.26. The van der Waals surface area contributed by atoms with Crippen molar-refractivity contribution in [1.82, 2.24) is 9.80 Å². The smallest absolute Gasteiger partial charge is 0.317 e. The van der Waals surface area contributed by atoms with Gasteiger partial charge in [-0.15, -0.1) is 0 Å². The van der Waals surface area contributed by atoms with Gasteiger partial charge < -0.3 is 14.4 Å². The van der Waals surface area contributed by atoms with Crippen molar-refractivity contribution in [2.45, 2.75) is 25.3 Å². The van der Waals surface area contributed by atoms with Crippen LogP contribution in [-0.4, -0.2) is 59.5 Å². The zero-order chi connectivity index (χ0) is 19.4. The van der Waals surface area contributed by atoms with Crippen LogP contribution >= 0.6 is 11.6 Å². The molecule has 0 saturated carbocycles. The van der Waals surface area contributed by atoms with Crippen molar-refractivity contribution >= 4 is 23.5 Å². The van der Waals surface area contributed by atoms with E-state index < -0.39 is 5.97 Å². The first-order valence-electron chi connectivity index (χ1n) is 9.01. The van der Waals surface area contributed by atoms with Gasteiger partial charge in [0.1, 0.15) is 5.76 Å². The lowest BCUT2D eigenvalue weighted by Gasteiger charge is -2.25. The first-order valence-corrected chi connectivity index (χ1v) is 9.39. The van der Waals surface area contributed by atoms with Gasteiger partial charge in [-0.2, -0.15) is 0 Å². The first-order chi connectivity index (χ1) is 13.0. The zero-order valence-electron chi connectivity index (χ0n) is 15.2. The molecule has 144 valence electrons. The third-order valence-corrected chi connectivity index (χ3v) is 5.28. The summed E-state index contributed by atoms with van der Waals surface area (Å²) in [5.74, 6) is -0.118. The van der Waals surface area contributed by atoms with Crippen molar-refractivity contribution in [3.8, 4) is 11.3 Å². The summed E-state index contributed by atoms with van der Waals surface area (Å²) in [6, 6.07) is 10.9. The second-order valence-electron chi connectivity index (χ2n) is 6.83. The zero-order valence-corrected chi connectivity index (χ0v) is 16.0. The minimum Gasteiger partial charge on any atom is -0.480 e. The molecule has 0 aliphatic carbocycles. The Labute approximate surface area is 163 Å². The van der Waals surface area contributed by atoms with Crippen LogP contribution in [-0.2, 0) is 4.79 Å². The maximum Gasteiger partial charge on any atom is 0.317 e. The van der Waals surface area contributed by atoms with Crippen molar-refractivity contribution in [3.05, 3.63) is 47.2 Å². The van der Waals surface area contributed by atoms with Gasteiger partial charge in [-0.25, -0.2) is 0 Å². The van der Waals surface area contributed by atoms with E-state index in [0.717, 1.165) is 24.8 Å². The Hall–Kier alpha value is -2.31. The monoisotopic (exact) mass is 390 g/mol. The summed E-state index contributed by atoms with van der Waals surface area (Å²) in [5.41, 5.74) is 0.754. The third kappa shape index (κ3) is 4.70. The molecule has 1 amide bonds. The van der Waals surface area contributed by atoms with E-state index in [1.165, 1.54) is 0 Å². The van der Waals surface area contributed by atoms with Crippen LogP contribution < -0.4 is 0 Å². The molecule has 27 heavy (non-hydrogen) atoms. The Morgan fingerprint density at radius 1 is 1.22 bits per heavy atom. The van der Waals surface area contributed by atoms with Gasteiger partial charge in [-0.05, 0) is 50.6 Å². The molecule has 1 aromatic heterocycles. The molecular formula is C20H23ClN2O4. The molecule has 1 saturated heterocycles. The van der Waals surface area contributed by atoms with E-state index in [-0.39, 0.29) is 18.5 Å². The van der Waals surface area contributed by atoms with Gasteiger partial charge >= 0.3 is 5.97 Å². The molecule has 1 aromatic carbocycles. The van der Waals surface area contributed by atoms with Crippen LogP contribution in [0.3, 0.4) is 0 Å². The van der Waals surface area contributed by atoms with Gasteiger partial charge in [0.05, 0.1) is 11.6 Å². The van der Waals surface area contributed by atoms with Gasteiger partial charge in [0.15, 0.2) is 5.76 Å². The number of furan rings is 1. The maximum absolute atomic E-state index is 12.8. The molecule has 1 N–H and O–H groups in total. The predicted octanol–water partition coefficient (Wildman–Crippen LogP) is 3.61. The highest BCUT2D eigenvalue weighted by molar-refractivity contribution is 6.33. The van der Waals surface area contributed by atoms with E-state index in [0.29, 0.717) is 29.6 Å². The number of aliphatic carboxylic acids is 1. The second kappa shape index (κ2) is 8.59. The van der Waals surface area contributed by atoms with E-state index in [4.69, 9.17) is 21.1 Å². The van der Waals surface area contributed by atoms with Crippen LogP contribution in [0.15, 0.2) is 40.8 Å². The van der Waals surface area contributed by atoms with E-state index in [1.807, 2.05) is 30.1 Å². The molecule has 2 heterocycles. The number of rotatable bonds is 5. The Balaban J connectivity index is 1.66. The number of likely N-dealkylation sites (N-methyl/N-ethyl adjacent to an activating group) is 1. The molecule has 1 aliphatic heterocycles. The summed E-state index contributed by atoms with van der Waals surface area (Å²) in [5, 5.41) is 9.54. The molecule has 1 atom stereocenters. The number of hydrogen-bond acceptors (Lipinski definition) is 4. The number of nitrogens with zero attached hydrogens (tertiary/aromatic N) is 2. The number of carboxylic acids is 1. The van der Waals surface area contributed by atoms with Crippen LogP contribution in [0.1, 0.15) is 29.8 Å². The number of carbonyl (C=O) groups excluding carboxylic acids is 1. The molecular weight excluding hydrogens is 368 g/mol. The molecule has 1 aliphatic rings. The van der Waals surface area contributed by atoms with Gasteiger partial charge in [0.2, 0.25) is 0 Å². The largest absolute Gasteiger partial charge is 0.480 e. The standard InChI is InChI=1S/C20H23ClN2O4/c1-22(13-19(24)25)14-5-4-11-23(12-10-14)20(26)18-9-8-17(27-18)15-6-2-3-7-16(15)21/h2-3,6-9,14H,4-5,10-13H2,1H3,(H,24,25). The Morgan fingerprint density at radius 3 is 2.74 bits per heavy atom. The van der Waals surface area contributed by atoms with Gasteiger partial charge in [-0.3, -0.25) is 14.5 Å². The lowest BCUT2D eigenvalue weighted by Crippen LogP contribution is -2.37. The van der Waals surface area contributed by atoms with Gasteiger partial charge in [-0.1, -0.05) is 23.7 Å². The highest BCUT2D eigenvalue weighted by atomic mass is 35.5. The Kier molecular flexibility index (Phi) is 6.19. The maximum atomic E-state index is 12.8. The number of hydrogen-bond donors (Lipinski definition) is 1. The van der Waals surface area contributed by atoms with Gasteiger partial charge in [0, 0.05) is 24.7 Å². The highest BCUT2D eigenvalue weighted by Crippen LogP contribution is 2.29. The van der Waals surface area contributed by atoms with E-state index in [2.05, 4.69) is 0 Å². The van der Waals surface area contributed by atoms with E-state index in [9.17, 15) is 9.59 Å². The topological polar surface area (TPSA) is 74.0 Å². The lowest BCUT2D eigenvalue weighted by molar-refractivity contribution is -0.138. The van der Waals surface area contributed by atoms with E-state index in [1.54, 1.807) is 23.1 Å². The molecule has 6 nitrogen and oxygen atoms in total. The van der Waals surface area contributed by atoms with Crippen LogP contribution in [0.4, 0.5) is 0 Å². The fourth-order valence-electron chi connectivity index (χ4n) is 3.48. The fraction of sp³-hybridized carbons (Fsp3) is 0.400. The number of carboxylic acid groups (broad SMARTS) is 1. The number of carbonyl (C=O) groups is 2. The quantitative estimate of drug-likeness (QED) is 0.844. The van der Waals surface area contributed by atoms with Crippen LogP contribution in [0.5, 0.6) is 0 Å². The summed E-state index contributed by atoms with van der Waals surface area (Å²) >= 11 is 6.20. The number of likely N-dealkylation sites (tertiary alicyclic amines) is 1. The molecule has 2 aromatic rings. The second-order valence-corrected chi connectivity index (χ2v) is 7.24. The fourth-order valence-corrected chi connectivity index (χ4v) is 3.71. The van der Waals surface area contributed by atoms with Crippen LogP contribution in [0.25, 0.3) is 11.3 Å². The number of benzene rings is 1. The average molecular weight is 391 g/mol. The summed E-state index contributed by atoms with van der Waals surface area (Å²) < 4.78 is 5.77. The van der Waals surface area contributed by atoms with E-state index >= 15 is 0 Å². The number of halogens is 1. The third-order valence-electron chi connectivity index (χ3n) is 4.95. The van der Waals surface area contributed by atoms with Crippen LogP contribution in [0.2, 0.25) is 5.02 Å². The molecule has 1 unspecified atom stereocenters. The molecule has 0 radical (unpaired) electrons. The molecule has 0 spiro atoms. The molecule has 1 fully saturated rings. The first kappa shape index (κ1) is 19.5. The predicted molar refractivity (Wildman–Crippen MR) is 103 cm³/mol. The van der Waals surface area contributed by atoms with Crippen molar-refractivity contribution in [2.75, 3.05) is 26.7 Å². The van der Waals surface area contributed by atoms with Crippen molar-refractivity contribution in [2.24, 2.45) is 0 Å². The summed E-state index contributed by atoms with van der Waals surface area (Å²) in [7, 11) is 1.82. The Bertz CT molecular complexity index is 820. The van der Waals surface area contributed by atoms with Crippen molar-refractivity contribution in [1.29, 1.82) is 0 Å².